The quantitative estimate of drug-likeness (QED) is 0.469. The molecule has 1 aromatic rings. The number of hydrogen-bond acceptors (Lipinski definition) is 2. The van der Waals surface area contributed by atoms with E-state index in [1.165, 1.54) is 5.56 Å². The molecule has 124 valence electrons. The lowest BCUT2D eigenvalue weighted by molar-refractivity contribution is -0.126. The van der Waals surface area contributed by atoms with Gasteiger partial charge in [-0.05, 0) is 57.7 Å². The molecule has 0 aromatic heterocycles. The van der Waals surface area contributed by atoms with Crippen LogP contribution in [0.1, 0.15) is 59.1 Å². The number of amidine groups is 1. The number of carbonyl (C=O) groups excluding carboxylic acids is 1. The average molecular weight is 312 g/mol. The Morgan fingerprint density at radius 3 is 2.22 bits per heavy atom. The summed E-state index contributed by atoms with van der Waals surface area (Å²) >= 11 is 0. The fourth-order valence-electron chi connectivity index (χ4n) is 2.33. The van der Waals surface area contributed by atoms with Gasteiger partial charge in [-0.3, -0.25) is 14.7 Å². The topological polar surface area (TPSA) is 32.7 Å². The molecule has 0 atom stereocenters. The van der Waals surface area contributed by atoms with Gasteiger partial charge in [0.1, 0.15) is 0 Å². The maximum Gasteiger partial charge on any atom is 0.225 e. The van der Waals surface area contributed by atoms with Gasteiger partial charge in [0.05, 0.1) is 0 Å². The van der Waals surface area contributed by atoms with Crippen molar-refractivity contribution in [2.75, 3.05) is 0 Å². The summed E-state index contributed by atoms with van der Waals surface area (Å²) in [5, 5.41) is 0. The highest BCUT2D eigenvalue weighted by molar-refractivity contribution is 6.08. The molecule has 0 spiro atoms. The number of aliphatic imine (C=N–C) groups is 1. The molecule has 0 saturated carbocycles. The fraction of sp³-hybridized carbons (Fsp3) is 0.500. The van der Waals surface area contributed by atoms with Crippen LogP contribution in [0.25, 0.3) is 0 Å². The first-order valence-electron chi connectivity index (χ1n) is 8.33. The van der Waals surface area contributed by atoms with Crippen LogP contribution >= 0.6 is 0 Å². The summed E-state index contributed by atoms with van der Waals surface area (Å²) in [6.45, 7) is 11.6. The van der Waals surface area contributed by atoms with E-state index >= 15 is 0 Å². The number of hydrogen-bond donors (Lipinski definition) is 0. The van der Waals surface area contributed by atoms with Crippen LogP contribution in [-0.2, 0) is 11.2 Å². The normalized spacial score (nSPS) is 11.4. The minimum Gasteiger partial charge on any atom is -0.288 e. The van der Waals surface area contributed by atoms with E-state index in [9.17, 15) is 4.79 Å². The Bertz CT molecular complexity index is 601. The molecule has 0 bridgehead atoms. The Morgan fingerprint density at radius 1 is 1.17 bits per heavy atom. The Kier molecular flexibility index (Phi) is 7.54. The van der Waals surface area contributed by atoms with Gasteiger partial charge >= 0.3 is 0 Å². The van der Waals surface area contributed by atoms with Crippen LogP contribution in [0.15, 0.2) is 29.3 Å². The maximum absolute atomic E-state index is 11.9. The molecule has 0 aliphatic rings. The Hall–Kier alpha value is -2.08. The second kappa shape index (κ2) is 9.15. The van der Waals surface area contributed by atoms with Crippen molar-refractivity contribution in [3.63, 3.8) is 0 Å². The highest BCUT2D eigenvalue weighted by Crippen LogP contribution is 2.07. The van der Waals surface area contributed by atoms with Crippen LogP contribution in [0.3, 0.4) is 0 Å². The Morgan fingerprint density at radius 2 is 1.78 bits per heavy atom. The highest BCUT2D eigenvalue weighted by Gasteiger charge is 2.18. The summed E-state index contributed by atoms with van der Waals surface area (Å²) < 4.78 is 0. The van der Waals surface area contributed by atoms with Crippen LogP contribution in [0, 0.1) is 11.8 Å². The number of aryl methyl sites for hydroxylation is 1. The smallest absolute Gasteiger partial charge is 0.225 e. The predicted octanol–water partition coefficient (Wildman–Crippen LogP) is 4.05. The number of carbonyl (C=O) groups is 1. The maximum atomic E-state index is 11.9. The Labute approximate surface area is 140 Å². The summed E-state index contributed by atoms with van der Waals surface area (Å²) in [6, 6.07) is 8.39. The van der Waals surface area contributed by atoms with E-state index < -0.39 is 0 Å². The first kappa shape index (κ1) is 19.0. The third-order valence-electron chi connectivity index (χ3n) is 3.28. The molecule has 0 aliphatic carbocycles. The predicted molar refractivity (Wildman–Crippen MR) is 97.5 cm³/mol. The van der Waals surface area contributed by atoms with Crippen LogP contribution in [0.5, 0.6) is 0 Å². The van der Waals surface area contributed by atoms with Gasteiger partial charge in [0.25, 0.3) is 0 Å². The van der Waals surface area contributed by atoms with Crippen molar-refractivity contribution in [1.82, 2.24) is 4.90 Å². The largest absolute Gasteiger partial charge is 0.288 e. The molecule has 0 saturated heterocycles. The third kappa shape index (κ3) is 6.28. The van der Waals surface area contributed by atoms with Crippen molar-refractivity contribution < 1.29 is 4.79 Å². The molecular weight excluding hydrogens is 284 g/mol. The van der Waals surface area contributed by atoms with E-state index in [4.69, 9.17) is 0 Å². The molecule has 1 aromatic carbocycles. The molecule has 0 aliphatic heterocycles. The molecule has 0 radical (unpaired) electrons. The molecule has 1 rings (SSSR count). The van der Waals surface area contributed by atoms with Crippen LogP contribution < -0.4 is 0 Å². The zero-order valence-electron chi connectivity index (χ0n) is 15.2. The van der Waals surface area contributed by atoms with Gasteiger partial charge < -0.3 is 0 Å². The molecule has 0 unspecified atom stereocenters. The first-order valence-corrected chi connectivity index (χ1v) is 8.33. The van der Waals surface area contributed by atoms with Crippen molar-refractivity contribution in [1.29, 1.82) is 0 Å². The van der Waals surface area contributed by atoms with E-state index in [0.717, 1.165) is 18.4 Å². The fourth-order valence-corrected chi connectivity index (χ4v) is 2.33. The number of nitrogens with zero attached hydrogens (tertiary/aromatic N) is 2. The van der Waals surface area contributed by atoms with E-state index in [2.05, 4.69) is 35.9 Å². The standard InChI is InChI=1S/C20H28N2O/c1-7-8-18-9-11-19(12-10-18)13-14-20(21-15(2)3)22(16(4)5)17(6)23/h9-12,15-16H,7-8H2,1-6H3. The molecule has 0 heterocycles. The second-order valence-corrected chi connectivity index (χ2v) is 6.23. The lowest BCUT2D eigenvalue weighted by Crippen LogP contribution is -2.40. The van der Waals surface area contributed by atoms with Gasteiger partial charge in [-0.15, -0.1) is 0 Å². The number of benzene rings is 1. The zero-order valence-corrected chi connectivity index (χ0v) is 15.2. The summed E-state index contributed by atoms with van der Waals surface area (Å²) in [5.41, 5.74) is 2.26. The minimum atomic E-state index is -0.0352. The molecule has 0 fully saturated rings. The van der Waals surface area contributed by atoms with E-state index in [0.29, 0.717) is 5.84 Å². The summed E-state index contributed by atoms with van der Waals surface area (Å²) in [5.74, 6) is 6.73. The second-order valence-electron chi connectivity index (χ2n) is 6.23. The first-order chi connectivity index (χ1) is 10.8. The van der Waals surface area contributed by atoms with Gasteiger partial charge in [-0.2, -0.15) is 0 Å². The van der Waals surface area contributed by atoms with Gasteiger partial charge in [-0.25, -0.2) is 0 Å². The molecule has 1 amide bonds. The monoisotopic (exact) mass is 312 g/mol. The van der Waals surface area contributed by atoms with Crippen molar-refractivity contribution in [2.45, 2.75) is 66.5 Å². The van der Waals surface area contributed by atoms with Crippen LogP contribution in [-0.4, -0.2) is 28.7 Å². The average Bonchev–Trinajstić information content (AvgIpc) is 2.45. The van der Waals surface area contributed by atoms with E-state index in [1.54, 1.807) is 11.8 Å². The molecule has 23 heavy (non-hydrogen) atoms. The molecular formula is C20H28N2O. The molecule has 3 heteroatoms. The van der Waals surface area contributed by atoms with Gasteiger partial charge in [0.15, 0.2) is 5.84 Å². The van der Waals surface area contributed by atoms with Crippen molar-refractivity contribution in [2.24, 2.45) is 4.99 Å². The minimum absolute atomic E-state index is 0.0335. The van der Waals surface area contributed by atoms with Gasteiger partial charge in [0.2, 0.25) is 5.91 Å². The van der Waals surface area contributed by atoms with Crippen molar-refractivity contribution >= 4 is 11.7 Å². The SMILES string of the molecule is CCCc1ccc(C#CC(=NC(C)C)N(C(C)=O)C(C)C)cc1. The number of rotatable bonds is 4. The lowest BCUT2D eigenvalue weighted by Gasteiger charge is -2.24. The van der Waals surface area contributed by atoms with E-state index in [1.807, 2.05) is 39.8 Å². The van der Waals surface area contributed by atoms with Crippen LogP contribution in [0.4, 0.5) is 0 Å². The van der Waals surface area contributed by atoms with Crippen molar-refractivity contribution in [3.05, 3.63) is 35.4 Å². The van der Waals surface area contributed by atoms with Gasteiger partial charge in [-0.1, -0.05) is 31.4 Å². The zero-order chi connectivity index (χ0) is 17.4. The van der Waals surface area contributed by atoms with Crippen molar-refractivity contribution in [3.8, 4) is 11.8 Å². The third-order valence-corrected chi connectivity index (χ3v) is 3.28. The summed E-state index contributed by atoms with van der Waals surface area (Å²) in [7, 11) is 0. The molecule has 0 N–H and O–H groups in total. The van der Waals surface area contributed by atoms with E-state index in [-0.39, 0.29) is 18.0 Å². The lowest BCUT2D eigenvalue weighted by atomic mass is 10.1. The molecule has 3 nitrogen and oxygen atoms in total. The summed E-state index contributed by atoms with van der Waals surface area (Å²) in [6.07, 6.45) is 2.22. The van der Waals surface area contributed by atoms with Crippen LogP contribution in [0.2, 0.25) is 0 Å². The summed E-state index contributed by atoms with van der Waals surface area (Å²) in [4.78, 5) is 18.1. The Balaban J connectivity index is 3.10. The van der Waals surface area contributed by atoms with Gasteiger partial charge in [0, 0.05) is 24.6 Å². The number of amides is 1. The highest BCUT2D eigenvalue weighted by atomic mass is 16.2.